The Hall–Kier alpha value is -1.30. The summed E-state index contributed by atoms with van der Waals surface area (Å²) in [7, 11) is 2.44. The molecule has 18 heavy (non-hydrogen) atoms. The van der Waals surface area contributed by atoms with Crippen molar-refractivity contribution in [1.82, 2.24) is 4.90 Å². The smallest absolute Gasteiger partial charge is 0.325 e. The van der Waals surface area contributed by atoms with E-state index < -0.39 is 11.9 Å². The molecule has 0 saturated carbocycles. The second kappa shape index (κ2) is 9.70. The number of hydrogen-bond acceptors (Lipinski definition) is 5. The first kappa shape index (κ1) is 16.7. The van der Waals surface area contributed by atoms with Gasteiger partial charge < -0.3 is 14.4 Å². The number of amides is 1. The van der Waals surface area contributed by atoms with E-state index >= 15 is 0 Å². The Morgan fingerprint density at radius 1 is 1.00 bits per heavy atom. The van der Waals surface area contributed by atoms with E-state index in [-0.39, 0.29) is 25.4 Å². The van der Waals surface area contributed by atoms with Gasteiger partial charge in [-0.05, 0) is 12.8 Å². The van der Waals surface area contributed by atoms with Gasteiger partial charge in [0.1, 0.15) is 13.1 Å². The summed E-state index contributed by atoms with van der Waals surface area (Å²) in [5.74, 6) is -0.980. The van der Waals surface area contributed by atoms with Crippen LogP contribution in [0.15, 0.2) is 0 Å². The summed E-state index contributed by atoms with van der Waals surface area (Å²) in [6.45, 7) is -0.517. The molecular weight excluding hydrogens is 262 g/mol. The number of rotatable bonds is 8. The van der Waals surface area contributed by atoms with Crippen molar-refractivity contribution in [3.8, 4) is 0 Å². The third-order valence-electron chi connectivity index (χ3n) is 2.22. The molecule has 1 amide bonds. The number of carbonyl (C=O) groups excluding carboxylic acids is 3. The van der Waals surface area contributed by atoms with Crippen LogP contribution in [0.1, 0.15) is 19.3 Å². The third-order valence-corrected chi connectivity index (χ3v) is 2.49. The summed E-state index contributed by atoms with van der Waals surface area (Å²) in [6, 6.07) is 0. The molecule has 0 aromatic carbocycles. The highest BCUT2D eigenvalue weighted by Gasteiger charge is 2.20. The zero-order chi connectivity index (χ0) is 14.0. The molecule has 0 aliphatic rings. The number of halogens is 1. The molecule has 0 bridgehead atoms. The van der Waals surface area contributed by atoms with Crippen LogP contribution >= 0.6 is 11.6 Å². The second-order valence-electron chi connectivity index (χ2n) is 3.55. The molecule has 6 nitrogen and oxygen atoms in total. The molecule has 0 aliphatic carbocycles. The Morgan fingerprint density at radius 3 is 1.89 bits per heavy atom. The molecule has 0 aromatic heterocycles. The van der Waals surface area contributed by atoms with Crippen molar-refractivity contribution in [2.45, 2.75) is 19.3 Å². The van der Waals surface area contributed by atoms with Gasteiger partial charge in [-0.1, -0.05) is 0 Å². The molecule has 0 rings (SSSR count). The van der Waals surface area contributed by atoms with Crippen LogP contribution in [0.25, 0.3) is 0 Å². The summed E-state index contributed by atoms with van der Waals surface area (Å²) in [6.07, 6.45) is 1.56. The van der Waals surface area contributed by atoms with Gasteiger partial charge in [0, 0.05) is 12.3 Å². The van der Waals surface area contributed by atoms with Crippen molar-refractivity contribution in [3.05, 3.63) is 0 Å². The Bertz CT molecular complexity index is 277. The summed E-state index contributed by atoms with van der Waals surface area (Å²) in [4.78, 5) is 35.2. The molecule has 0 unspecified atom stereocenters. The lowest BCUT2D eigenvalue weighted by molar-refractivity contribution is -0.152. The maximum Gasteiger partial charge on any atom is 0.325 e. The van der Waals surface area contributed by atoms with Crippen LogP contribution in [-0.4, -0.2) is 55.9 Å². The first-order valence-corrected chi connectivity index (χ1v) is 6.06. The molecule has 7 heteroatoms. The number of carbonyl (C=O) groups is 3. The molecule has 104 valence electrons. The van der Waals surface area contributed by atoms with Gasteiger partial charge >= 0.3 is 11.9 Å². The zero-order valence-electron chi connectivity index (χ0n) is 10.6. The van der Waals surface area contributed by atoms with Gasteiger partial charge in [0.25, 0.3) is 0 Å². The van der Waals surface area contributed by atoms with Crippen molar-refractivity contribution >= 4 is 29.4 Å². The molecule has 0 fully saturated rings. The summed E-state index contributed by atoms with van der Waals surface area (Å²) < 4.78 is 8.93. The van der Waals surface area contributed by atoms with Gasteiger partial charge in [-0.15, -0.1) is 11.6 Å². The maximum atomic E-state index is 11.8. The minimum absolute atomic E-state index is 0.237. The van der Waals surface area contributed by atoms with Crippen molar-refractivity contribution < 1.29 is 23.9 Å². The van der Waals surface area contributed by atoms with Gasteiger partial charge in [0.2, 0.25) is 5.91 Å². The number of alkyl halides is 1. The number of nitrogens with zero attached hydrogens (tertiary/aromatic N) is 1. The second-order valence-corrected chi connectivity index (χ2v) is 3.93. The topological polar surface area (TPSA) is 72.9 Å². The van der Waals surface area contributed by atoms with Crippen molar-refractivity contribution in [1.29, 1.82) is 0 Å². The molecular formula is C11H18ClNO5. The molecule has 0 saturated heterocycles. The number of methoxy groups -OCH3 is 2. The lowest BCUT2D eigenvalue weighted by Crippen LogP contribution is -2.40. The molecule has 0 spiro atoms. The predicted octanol–water partition coefficient (Wildman–Crippen LogP) is 0.570. The molecule has 0 aliphatic heterocycles. The highest BCUT2D eigenvalue weighted by Crippen LogP contribution is 2.03. The lowest BCUT2D eigenvalue weighted by Gasteiger charge is -2.19. The van der Waals surface area contributed by atoms with Crippen LogP contribution < -0.4 is 0 Å². The maximum absolute atomic E-state index is 11.8. The normalized spacial score (nSPS) is 9.72. The minimum atomic E-state index is -0.579. The fraction of sp³-hybridized carbons (Fsp3) is 0.727. The average Bonchev–Trinajstić information content (AvgIpc) is 2.37. The summed E-state index contributed by atoms with van der Waals surface area (Å²) in [5.41, 5.74) is 0. The van der Waals surface area contributed by atoms with Crippen LogP contribution in [0.3, 0.4) is 0 Å². The van der Waals surface area contributed by atoms with Crippen molar-refractivity contribution in [2.75, 3.05) is 33.2 Å². The van der Waals surface area contributed by atoms with Gasteiger partial charge in [-0.3, -0.25) is 14.4 Å². The summed E-state index contributed by atoms with van der Waals surface area (Å²) in [5, 5.41) is 0. The van der Waals surface area contributed by atoms with Crippen LogP contribution in [0.5, 0.6) is 0 Å². The monoisotopic (exact) mass is 279 g/mol. The molecule has 0 heterocycles. The fourth-order valence-corrected chi connectivity index (χ4v) is 1.39. The van der Waals surface area contributed by atoms with Crippen molar-refractivity contribution in [2.24, 2.45) is 0 Å². The van der Waals surface area contributed by atoms with Gasteiger partial charge in [-0.25, -0.2) is 0 Å². The molecule has 0 N–H and O–H groups in total. The van der Waals surface area contributed by atoms with E-state index in [1.165, 1.54) is 14.2 Å². The highest BCUT2D eigenvalue weighted by atomic mass is 35.5. The number of unbranched alkanes of at least 4 members (excludes halogenated alkanes) is 1. The first-order chi connectivity index (χ1) is 8.54. The van der Waals surface area contributed by atoms with Crippen LogP contribution in [0.4, 0.5) is 0 Å². The SMILES string of the molecule is COC(=O)CN(CC(=O)OC)C(=O)CCCCCl. The van der Waals surface area contributed by atoms with Crippen LogP contribution in [0, 0.1) is 0 Å². The zero-order valence-corrected chi connectivity index (χ0v) is 11.4. The Kier molecular flexibility index (Phi) is 9.00. The average molecular weight is 280 g/mol. The number of esters is 2. The third kappa shape index (κ3) is 7.11. The minimum Gasteiger partial charge on any atom is -0.468 e. The Morgan fingerprint density at radius 2 is 1.50 bits per heavy atom. The van der Waals surface area contributed by atoms with E-state index in [4.69, 9.17) is 11.6 Å². The Balaban J connectivity index is 4.38. The van der Waals surface area contributed by atoms with E-state index in [0.29, 0.717) is 18.7 Å². The quantitative estimate of drug-likeness (QED) is 0.369. The van der Waals surface area contributed by atoms with Gasteiger partial charge in [0.05, 0.1) is 14.2 Å². The molecule has 0 aromatic rings. The van der Waals surface area contributed by atoms with E-state index in [1.807, 2.05) is 0 Å². The fourth-order valence-electron chi connectivity index (χ4n) is 1.20. The van der Waals surface area contributed by atoms with Gasteiger partial charge in [0.15, 0.2) is 0 Å². The first-order valence-electron chi connectivity index (χ1n) is 5.52. The van der Waals surface area contributed by atoms with E-state index in [9.17, 15) is 14.4 Å². The number of ether oxygens (including phenoxy) is 2. The number of hydrogen-bond donors (Lipinski definition) is 0. The van der Waals surface area contributed by atoms with Crippen LogP contribution in [-0.2, 0) is 23.9 Å². The largest absolute Gasteiger partial charge is 0.468 e. The standard InChI is InChI=1S/C11H18ClNO5/c1-17-10(15)7-13(8-11(16)18-2)9(14)5-3-4-6-12/h3-8H2,1-2H3. The van der Waals surface area contributed by atoms with E-state index in [2.05, 4.69) is 9.47 Å². The molecule has 0 radical (unpaired) electrons. The Labute approximate surface area is 111 Å². The van der Waals surface area contributed by atoms with E-state index in [0.717, 1.165) is 4.90 Å². The summed E-state index contributed by atoms with van der Waals surface area (Å²) >= 11 is 5.50. The van der Waals surface area contributed by atoms with Gasteiger partial charge in [-0.2, -0.15) is 0 Å². The van der Waals surface area contributed by atoms with Crippen LogP contribution in [0.2, 0.25) is 0 Å². The predicted molar refractivity (Wildman–Crippen MR) is 65.2 cm³/mol. The van der Waals surface area contributed by atoms with E-state index in [1.54, 1.807) is 0 Å². The highest BCUT2D eigenvalue weighted by molar-refractivity contribution is 6.17. The molecule has 0 atom stereocenters. The lowest BCUT2D eigenvalue weighted by atomic mass is 10.2. The van der Waals surface area contributed by atoms with Crippen molar-refractivity contribution in [3.63, 3.8) is 0 Å².